The predicted molar refractivity (Wildman–Crippen MR) is 85.1 cm³/mol. The Kier molecular flexibility index (Phi) is 4.25. The maximum Gasteiger partial charge on any atom is 0.216 e. The predicted octanol–water partition coefficient (Wildman–Crippen LogP) is 2.42. The molecule has 0 aliphatic heterocycles. The number of nitrogens with zero attached hydrogens (tertiary/aromatic N) is 1. The number of hydrogen-bond donors (Lipinski definition) is 2. The molecule has 1 aliphatic rings. The average Bonchev–Trinajstić information content (AvgIpc) is 3.24. The van der Waals surface area contributed by atoms with Gasteiger partial charge in [0.25, 0.3) is 0 Å². The SMILES string of the molecule is CC(=O)NCCCn1cc(CNC2CC2)c2ccccc21. The van der Waals surface area contributed by atoms with Crippen molar-refractivity contribution >= 4 is 16.8 Å². The molecule has 4 nitrogen and oxygen atoms in total. The van der Waals surface area contributed by atoms with Crippen molar-refractivity contribution in [3.05, 3.63) is 36.0 Å². The zero-order valence-electron chi connectivity index (χ0n) is 12.6. The van der Waals surface area contributed by atoms with Crippen LogP contribution in [0.2, 0.25) is 0 Å². The molecular weight excluding hydrogens is 262 g/mol. The second kappa shape index (κ2) is 6.31. The number of para-hydroxylation sites is 1. The molecule has 1 fully saturated rings. The van der Waals surface area contributed by atoms with Gasteiger partial charge in [0.1, 0.15) is 0 Å². The summed E-state index contributed by atoms with van der Waals surface area (Å²) in [5, 5.41) is 7.78. The summed E-state index contributed by atoms with van der Waals surface area (Å²) < 4.78 is 2.31. The van der Waals surface area contributed by atoms with Gasteiger partial charge in [-0.2, -0.15) is 0 Å². The molecular formula is C17H23N3O. The molecule has 0 saturated heterocycles. The van der Waals surface area contributed by atoms with E-state index in [1.165, 1.54) is 29.3 Å². The first-order chi connectivity index (χ1) is 10.2. The van der Waals surface area contributed by atoms with Crippen molar-refractivity contribution in [1.82, 2.24) is 15.2 Å². The quantitative estimate of drug-likeness (QED) is 0.767. The third kappa shape index (κ3) is 3.64. The van der Waals surface area contributed by atoms with Gasteiger partial charge in [0, 0.05) is 49.7 Å². The number of carbonyl (C=O) groups excluding carboxylic acids is 1. The van der Waals surface area contributed by atoms with Gasteiger partial charge >= 0.3 is 0 Å². The minimum absolute atomic E-state index is 0.0432. The van der Waals surface area contributed by atoms with Crippen molar-refractivity contribution in [2.24, 2.45) is 0 Å². The Morgan fingerprint density at radius 1 is 1.33 bits per heavy atom. The van der Waals surface area contributed by atoms with Gasteiger partial charge < -0.3 is 15.2 Å². The topological polar surface area (TPSA) is 46.1 Å². The van der Waals surface area contributed by atoms with Crippen molar-refractivity contribution in [2.75, 3.05) is 6.54 Å². The van der Waals surface area contributed by atoms with E-state index >= 15 is 0 Å². The number of fused-ring (bicyclic) bond motifs is 1. The lowest BCUT2D eigenvalue weighted by Crippen LogP contribution is -2.21. The van der Waals surface area contributed by atoms with E-state index in [2.05, 4.69) is 45.7 Å². The molecule has 2 N–H and O–H groups in total. The highest BCUT2D eigenvalue weighted by molar-refractivity contribution is 5.83. The van der Waals surface area contributed by atoms with Gasteiger partial charge in [0.05, 0.1) is 0 Å². The number of benzene rings is 1. The third-order valence-corrected chi connectivity index (χ3v) is 3.98. The van der Waals surface area contributed by atoms with Gasteiger partial charge in [-0.05, 0) is 30.9 Å². The minimum Gasteiger partial charge on any atom is -0.356 e. The molecule has 4 heteroatoms. The zero-order valence-corrected chi connectivity index (χ0v) is 12.6. The van der Waals surface area contributed by atoms with Gasteiger partial charge in [-0.15, -0.1) is 0 Å². The van der Waals surface area contributed by atoms with E-state index in [4.69, 9.17) is 0 Å². The highest BCUT2D eigenvalue weighted by Crippen LogP contribution is 2.24. The fraction of sp³-hybridized carbons (Fsp3) is 0.471. The number of hydrogen-bond acceptors (Lipinski definition) is 2. The Balaban J connectivity index is 1.69. The lowest BCUT2D eigenvalue weighted by Gasteiger charge is -2.05. The lowest BCUT2D eigenvalue weighted by atomic mass is 10.2. The Bertz CT molecular complexity index is 628. The average molecular weight is 285 g/mol. The molecule has 1 aliphatic carbocycles. The van der Waals surface area contributed by atoms with Crippen LogP contribution in [0, 0.1) is 0 Å². The van der Waals surface area contributed by atoms with E-state index < -0.39 is 0 Å². The largest absolute Gasteiger partial charge is 0.356 e. The summed E-state index contributed by atoms with van der Waals surface area (Å²) in [6.07, 6.45) is 5.84. The molecule has 0 bridgehead atoms. The fourth-order valence-electron chi connectivity index (χ4n) is 2.70. The standard InChI is InChI=1S/C17H23N3O/c1-13(21)18-9-4-10-20-12-14(11-19-15-7-8-15)16-5-2-3-6-17(16)20/h2-3,5-6,12,15,19H,4,7-11H2,1H3,(H,18,21). The van der Waals surface area contributed by atoms with E-state index in [-0.39, 0.29) is 5.91 Å². The maximum absolute atomic E-state index is 10.9. The Morgan fingerprint density at radius 2 is 2.14 bits per heavy atom. The fourth-order valence-corrected chi connectivity index (χ4v) is 2.70. The molecule has 0 spiro atoms. The molecule has 1 aromatic heterocycles. The van der Waals surface area contributed by atoms with E-state index in [9.17, 15) is 4.79 Å². The van der Waals surface area contributed by atoms with E-state index in [1.807, 2.05) is 0 Å². The Labute approximate surface area is 125 Å². The first-order valence-corrected chi connectivity index (χ1v) is 7.78. The van der Waals surface area contributed by atoms with Crippen molar-refractivity contribution in [3.8, 4) is 0 Å². The third-order valence-electron chi connectivity index (χ3n) is 3.98. The number of amides is 1. The molecule has 2 aromatic rings. The first kappa shape index (κ1) is 14.1. The summed E-state index contributed by atoms with van der Waals surface area (Å²) in [5.41, 5.74) is 2.66. The van der Waals surface area contributed by atoms with Crippen LogP contribution in [0.4, 0.5) is 0 Å². The number of rotatable bonds is 7. The van der Waals surface area contributed by atoms with Crippen LogP contribution in [0.15, 0.2) is 30.5 Å². The van der Waals surface area contributed by atoms with Gasteiger partial charge in [0.15, 0.2) is 0 Å². The maximum atomic E-state index is 10.9. The van der Waals surface area contributed by atoms with Crippen LogP contribution in [-0.4, -0.2) is 23.1 Å². The van der Waals surface area contributed by atoms with Crippen LogP contribution < -0.4 is 10.6 Å². The number of aryl methyl sites for hydroxylation is 1. The molecule has 1 heterocycles. The summed E-state index contributed by atoms with van der Waals surface area (Å²) >= 11 is 0. The summed E-state index contributed by atoms with van der Waals surface area (Å²) in [5.74, 6) is 0.0432. The van der Waals surface area contributed by atoms with Crippen LogP contribution >= 0.6 is 0 Å². The van der Waals surface area contributed by atoms with E-state index in [0.29, 0.717) is 0 Å². The molecule has 1 amide bonds. The highest BCUT2D eigenvalue weighted by Gasteiger charge is 2.20. The van der Waals surface area contributed by atoms with Crippen LogP contribution in [0.25, 0.3) is 10.9 Å². The van der Waals surface area contributed by atoms with E-state index in [0.717, 1.165) is 32.1 Å². The highest BCUT2D eigenvalue weighted by atomic mass is 16.1. The van der Waals surface area contributed by atoms with Gasteiger partial charge in [-0.25, -0.2) is 0 Å². The van der Waals surface area contributed by atoms with Crippen LogP contribution in [-0.2, 0) is 17.9 Å². The molecule has 1 aromatic carbocycles. The second-order valence-corrected chi connectivity index (χ2v) is 5.86. The summed E-state index contributed by atoms with van der Waals surface area (Å²) in [4.78, 5) is 10.9. The van der Waals surface area contributed by atoms with Gasteiger partial charge in [-0.1, -0.05) is 18.2 Å². The van der Waals surface area contributed by atoms with Crippen LogP contribution in [0.1, 0.15) is 31.7 Å². The lowest BCUT2D eigenvalue weighted by molar-refractivity contribution is -0.118. The Hall–Kier alpha value is -1.81. The minimum atomic E-state index is 0.0432. The first-order valence-electron chi connectivity index (χ1n) is 7.78. The number of carbonyl (C=O) groups is 1. The normalized spacial score (nSPS) is 14.5. The van der Waals surface area contributed by atoms with Crippen molar-refractivity contribution in [1.29, 1.82) is 0 Å². The molecule has 0 unspecified atom stereocenters. The van der Waals surface area contributed by atoms with E-state index in [1.54, 1.807) is 6.92 Å². The molecule has 0 atom stereocenters. The smallest absolute Gasteiger partial charge is 0.216 e. The van der Waals surface area contributed by atoms with Crippen LogP contribution in [0.5, 0.6) is 0 Å². The molecule has 112 valence electrons. The van der Waals surface area contributed by atoms with Crippen molar-refractivity contribution < 1.29 is 4.79 Å². The molecule has 3 rings (SSSR count). The summed E-state index contributed by atoms with van der Waals surface area (Å²) in [7, 11) is 0. The molecule has 0 radical (unpaired) electrons. The van der Waals surface area contributed by atoms with Gasteiger partial charge in [0.2, 0.25) is 5.91 Å². The molecule has 1 saturated carbocycles. The number of aromatic nitrogens is 1. The second-order valence-electron chi connectivity index (χ2n) is 5.86. The van der Waals surface area contributed by atoms with Crippen LogP contribution in [0.3, 0.4) is 0 Å². The number of nitrogens with one attached hydrogen (secondary N) is 2. The monoisotopic (exact) mass is 285 g/mol. The van der Waals surface area contributed by atoms with Crippen molar-refractivity contribution in [2.45, 2.75) is 45.3 Å². The zero-order chi connectivity index (χ0) is 14.7. The summed E-state index contributed by atoms with van der Waals surface area (Å²) in [6.45, 7) is 4.18. The van der Waals surface area contributed by atoms with Gasteiger partial charge in [-0.3, -0.25) is 4.79 Å². The Morgan fingerprint density at radius 3 is 2.90 bits per heavy atom. The summed E-state index contributed by atoms with van der Waals surface area (Å²) in [6, 6.07) is 9.29. The van der Waals surface area contributed by atoms with Crippen molar-refractivity contribution in [3.63, 3.8) is 0 Å². The molecule has 21 heavy (non-hydrogen) atoms.